The predicted molar refractivity (Wildman–Crippen MR) is 111 cm³/mol. The molecule has 0 atom stereocenters. The Morgan fingerprint density at radius 3 is 2.45 bits per heavy atom. The molecule has 4 rings (SSSR count). The van der Waals surface area contributed by atoms with Gasteiger partial charge in [-0.1, -0.05) is 36.4 Å². The van der Waals surface area contributed by atoms with Gasteiger partial charge in [-0.3, -0.25) is 4.79 Å². The number of amides is 1. The standard InChI is InChI=1S/C24H23NO4/c1-24(2,18-8-13-21-22(14-18)29-16-28-21)23(26)25-19-9-11-20(12-10-19)27-15-17-6-4-3-5-7-17/h3-14H,15-16H2,1-2H3,(H,25,26). The summed E-state index contributed by atoms with van der Waals surface area (Å²) in [5, 5.41) is 2.98. The molecule has 1 aliphatic heterocycles. The third-order valence-electron chi connectivity index (χ3n) is 5.02. The Balaban J connectivity index is 1.39. The summed E-state index contributed by atoms with van der Waals surface area (Å²) in [7, 11) is 0. The minimum atomic E-state index is -0.733. The van der Waals surface area contributed by atoms with E-state index in [4.69, 9.17) is 14.2 Å². The maximum absolute atomic E-state index is 12.9. The molecule has 1 amide bonds. The van der Waals surface area contributed by atoms with Crippen LogP contribution >= 0.6 is 0 Å². The van der Waals surface area contributed by atoms with Gasteiger partial charge in [0.25, 0.3) is 0 Å². The lowest BCUT2D eigenvalue weighted by Crippen LogP contribution is -2.34. The summed E-state index contributed by atoms with van der Waals surface area (Å²) < 4.78 is 16.6. The fourth-order valence-corrected chi connectivity index (χ4v) is 3.08. The lowest BCUT2D eigenvalue weighted by molar-refractivity contribution is -0.120. The van der Waals surface area contributed by atoms with Crippen LogP contribution in [0, 0.1) is 0 Å². The Bertz CT molecular complexity index is 997. The van der Waals surface area contributed by atoms with Crippen LogP contribution in [-0.4, -0.2) is 12.7 Å². The Hall–Kier alpha value is -3.47. The summed E-state index contributed by atoms with van der Waals surface area (Å²) in [5.41, 5.74) is 1.96. The second kappa shape index (κ2) is 7.87. The number of hydrogen-bond donors (Lipinski definition) is 1. The van der Waals surface area contributed by atoms with Gasteiger partial charge in [0.1, 0.15) is 12.4 Å². The minimum Gasteiger partial charge on any atom is -0.489 e. The van der Waals surface area contributed by atoms with Gasteiger partial charge in [0.15, 0.2) is 11.5 Å². The minimum absolute atomic E-state index is 0.102. The average molecular weight is 389 g/mol. The van der Waals surface area contributed by atoms with E-state index in [1.165, 1.54) is 0 Å². The number of nitrogens with one attached hydrogen (secondary N) is 1. The Labute approximate surface area is 170 Å². The molecule has 0 aliphatic carbocycles. The predicted octanol–water partition coefficient (Wildman–Crippen LogP) is 4.91. The molecule has 0 spiro atoms. The van der Waals surface area contributed by atoms with Crippen LogP contribution < -0.4 is 19.5 Å². The Morgan fingerprint density at radius 2 is 1.69 bits per heavy atom. The molecule has 0 aromatic heterocycles. The molecule has 3 aromatic rings. The number of anilines is 1. The topological polar surface area (TPSA) is 56.8 Å². The highest BCUT2D eigenvalue weighted by Gasteiger charge is 2.31. The number of ether oxygens (including phenoxy) is 3. The molecule has 0 unspecified atom stereocenters. The zero-order valence-corrected chi connectivity index (χ0v) is 16.5. The monoisotopic (exact) mass is 389 g/mol. The van der Waals surface area contributed by atoms with Crippen molar-refractivity contribution in [2.45, 2.75) is 25.9 Å². The molecule has 1 aliphatic rings. The van der Waals surface area contributed by atoms with Crippen molar-refractivity contribution in [2.24, 2.45) is 0 Å². The van der Waals surface area contributed by atoms with E-state index in [1.54, 1.807) is 0 Å². The largest absolute Gasteiger partial charge is 0.489 e. The first-order valence-electron chi connectivity index (χ1n) is 9.51. The molecular formula is C24H23NO4. The quantitative estimate of drug-likeness (QED) is 0.651. The second-order valence-corrected chi connectivity index (χ2v) is 7.45. The number of carbonyl (C=O) groups excluding carboxylic acids is 1. The smallest absolute Gasteiger partial charge is 0.234 e. The van der Waals surface area contributed by atoms with Gasteiger partial charge >= 0.3 is 0 Å². The van der Waals surface area contributed by atoms with Crippen molar-refractivity contribution in [3.05, 3.63) is 83.9 Å². The molecule has 0 saturated carbocycles. The van der Waals surface area contributed by atoms with Gasteiger partial charge in [-0.05, 0) is 61.4 Å². The van der Waals surface area contributed by atoms with E-state index in [2.05, 4.69) is 5.32 Å². The van der Waals surface area contributed by atoms with Crippen molar-refractivity contribution >= 4 is 11.6 Å². The molecule has 0 radical (unpaired) electrons. The SMILES string of the molecule is CC(C)(C(=O)Nc1ccc(OCc2ccccc2)cc1)c1ccc2c(c1)OCO2. The van der Waals surface area contributed by atoms with Gasteiger partial charge in [-0.2, -0.15) is 0 Å². The fraction of sp³-hybridized carbons (Fsp3) is 0.208. The number of fused-ring (bicyclic) bond motifs is 1. The molecule has 3 aromatic carbocycles. The highest BCUT2D eigenvalue weighted by atomic mass is 16.7. The normalized spacial score (nSPS) is 12.5. The summed E-state index contributed by atoms with van der Waals surface area (Å²) in [6.45, 7) is 4.49. The van der Waals surface area contributed by atoms with Crippen molar-refractivity contribution in [1.29, 1.82) is 0 Å². The molecule has 1 N–H and O–H groups in total. The van der Waals surface area contributed by atoms with E-state index in [1.807, 2.05) is 86.6 Å². The molecule has 0 fully saturated rings. The summed E-state index contributed by atoms with van der Waals surface area (Å²) in [6, 6.07) is 23.0. The van der Waals surface area contributed by atoms with Gasteiger partial charge in [0.2, 0.25) is 12.7 Å². The van der Waals surface area contributed by atoms with Crippen LogP contribution in [0.15, 0.2) is 72.8 Å². The van der Waals surface area contributed by atoms with E-state index in [0.717, 1.165) is 22.6 Å². The molecular weight excluding hydrogens is 366 g/mol. The number of carbonyl (C=O) groups is 1. The molecule has 0 saturated heterocycles. The van der Waals surface area contributed by atoms with Crippen LogP contribution in [-0.2, 0) is 16.8 Å². The van der Waals surface area contributed by atoms with Crippen LogP contribution in [0.4, 0.5) is 5.69 Å². The average Bonchev–Trinajstić information content (AvgIpc) is 3.22. The lowest BCUT2D eigenvalue weighted by Gasteiger charge is -2.24. The third kappa shape index (κ3) is 4.19. The maximum atomic E-state index is 12.9. The van der Waals surface area contributed by atoms with Crippen LogP contribution in [0.1, 0.15) is 25.0 Å². The highest BCUT2D eigenvalue weighted by molar-refractivity contribution is 5.98. The van der Waals surface area contributed by atoms with Crippen molar-refractivity contribution in [3.63, 3.8) is 0 Å². The van der Waals surface area contributed by atoms with Gasteiger partial charge in [0, 0.05) is 5.69 Å². The molecule has 5 nitrogen and oxygen atoms in total. The first-order valence-corrected chi connectivity index (χ1v) is 9.51. The van der Waals surface area contributed by atoms with E-state index in [9.17, 15) is 4.79 Å². The molecule has 0 bridgehead atoms. The van der Waals surface area contributed by atoms with Crippen molar-refractivity contribution in [1.82, 2.24) is 0 Å². The summed E-state index contributed by atoms with van der Waals surface area (Å²) >= 11 is 0. The molecule has 5 heteroatoms. The molecule has 1 heterocycles. The van der Waals surface area contributed by atoms with Crippen LogP contribution in [0.2, 0.25) is 0 Å². The number of benzene rings is 3. The summed E-state index contributed by atoms with van der Waals surface area (Å²) in [6.07, 6.45) is 0. The van der Waals surface area contributed by atoms with Crippen LogP contribution in [0.3, 0.4) is 0 Å². The van der Waals surface area contributed by atoms with Crippen LogP contribution in [0.25, 0.3) is 0 Å². The lowest BCUT2D eigenvalue weighted by atomic mass is 9.83. The fourth-order valence-electron chi connectivity index (χ4n) is 3.08. The third-order valence-corrected chi connectivity index (χ3v) is 5.02. The van der Waals surface area contributed by atoms with Gasteiger partial charge in [-0.15, -0.1) is 0 Å². The first-order chi connectivity index (χ1) is 14.0. The van der Waals surface area contributed by atoms with Gasteiger partial charge < -0.3 is 19.5 Å². The van der Waals surface area contributed by atoms with Gasteiger partial charge in [-0.25, -0.2) is 0 Å². The summed E-state index contributed by atoms with van der Waals surface area (Å²) in [4.78, 5) is 12.9. The van der Waals surface area contributed by atoms with E-state index in [0.29, 0.717) is 18.1 Å². The van der Waals surface area contributed by atoms with Crippen molar-refractivity contribution < 1.29 is 19.0 Å². The maximum Gasteiger partial charge on any atom is 0.234 e. The van der Waals surface area contributed by atoms with E-state index < -0.39 is 5.41 Å². The first kappa shape index (κ1) is 18.9. The molecule has 29 heavy (non-hydrogen) atoms. The number of rotatable bonds is 6. The summed E-state index contributed by atoms with van der Waals surface area (Å²) in [5.74, 6) is 2.02. The van der Waals surface area contributed by atoms with E-state index in [-0.39, 0.29) is 12.7 Å². The second-order valence-electron chi connectivity index (χ2n) is 7.45. The zero-order valence-electron chi connectivity index (χ0n) is 16.5. The van der Waals surface area contributed by atoms with Crippen molar-refractivity contribution in [2.75, 3.05) is 12.1 Å². The Morgan fingerprint density at radius 1 is 0.966 bits per heavy atom. The van der Waals surface area contributed by atoms with Crippen LogP contribution in [0.5, 0.6) is 17.2 Å². The van der Waals surface area contributed by atoms with Gasteiger partial charge in [0.05, 0.1) is 5.41 Å². The Kier molecular flexibility index (Phi) is 5.12. The van der Waals surface area contributed by atoms with Crippen molar-refractivity contribution in [3.8, 4) is 17.2 Å². The highest BCUT2D eigenvalue weighted by Crippen LogP contribution is 2.36. The molecule has 148 valence electrons. The van der Waals surface area contributed by atoms with E-state index >= 15 is 0 Å². The number of hydrogen-bond acceptors (Lipinski definition) is 4. The zero-order chi connectivity index (χ0) is 20.3.